The second-order valence-corrected chi connectivity index (χ2v) is 14.8. The molecule has 0 saturated carbocycles. The monoisotopic (exact) mass is 715 g/mol. The highest BCUT2D eigenvalue weighted by molar-refractivity contribution is 6.05. The molecule has 0 spiro atoms. The van der Waals surface area contributed by atoms with Crippen LogP contribution in [0.4, 0.5) is 0 Å². The second-order valence-electron chi connectivity index (χ2n) is 14.8. The summed E-state index contributed by atoms with van der Waals surface area (Å²) in [6.07, 6.45) is 5.13. The summed E-state index contributed by atoms with van der Waals surface area (Å²) in [5.41, 5.74) is 5.35. The van der Waals surface area contributed by atoms with Crippen molar-refractivity contribution in [2.24, 2.45) is 5.92 Å². The third-order valence-corrected chi connectivity index (χ3v) is 11.2. The van der Waals surface area contributed by atoms with Crippen LogP contribution in [0.2, 0.25) is 0 Å². The van der Waals surface area contributed by atoms with Gasteiger partial charge < -0.3 is 19.1 Å². The van der Waals surface area contributed by atoms with Gasteiger partial charge >= 0.3 is 0 Å². The molecule has 0 radical (unpaired) electrons. The number of benzene rings is 3. The lowest BCUT2D eigenvalue weighted by Crippen LogP contribution is -2.52. The molecule has 53 heavy (non-hydrogen) atoms. The van der Waals surface area contributed by atoms with Crippen LogP contribution in [0.15, 0.2) is 65.2 Å². The highest BCUT2D eigenvalue weighted by Gasteiger charge is 2.39. The van der Waals surface area contributed by atoms with E-state index in [-0.39, 0.29) is 30.2 Å². The Balaban J connectivity index is 0.738. The van der Waals surface area contributed by atoms with Gasteiger partial charge in [0.25, 0.3) is 5.91 Å². The van der Waals surface area contributed by atoms with Crippen molar-refractivity contribution in [3.63, 3.8) is 0 Å². The van der Waals surface area contributed by atoms with Crippen LogP contribution in [-0.2, 0) is 22.7 Å². The number of hydrogen-bond donors (Lipinski definition) is 2. The van der Waals surface area contributed by atoms with E-state index in [1.807, 2.05) is 54.6 Å². The number of tetrazole rings is 1. The number of imide groups is 1. The number of rotatable bonds is 9. The van der Waals surface area contributed by atoms with Crippen LogP contribution in [0.1, 0.15) is 60.0 Å². The Morgan fingerprint density at radius 3 is 2.53 bits per heavy atom. The van der Waals surface area contributed by atoms with Crippen molar-refractivity contribution in [2.45, 2.75) is 63.8 Å². The Morgan fingerprint density at radius 2 is 1.72 bits per heavy atom. The van der Waals surface area contributed by atoms with Crippen LogP contribution in [0.25, 0.3) is 33.6 Å². The van der Waals surface area contributed by atoms with Gasteiger partial charge in [0.2, 0.25) is 11.8 Å². The molecule has 272 valence electrons. The number of aromatic amines is 1. The van der Waals surface area contributed by atoms with Gasteiger partial charge in [0.1, 0.15) is 23.4 Å². The van der Waals surface area contributed by atoms with Crippen molar-refractivity contribution in [2.75, 3.05) is 32.7 Å². The molecule has 2 aromatic heterocycles. The normalized spacial score (nSPS) is 20.6. The minimum absolute atomic E-state index is 0.124. The van der Waals surface area contributed by atoms with Crippen LogP contribution >= 0.6 is 0 Å². The highest BCUT2D eigenvalue weighted by Crippen LogP contribution is 2.34. The molecular weight excluding hydrogens is 674 g/mol. The number of carbonyl (C=O) groups is 3. The van der Waals surface area contributed by atoms with E-state index in [1.54, 1.807) is 4.90 Å². The molecule has 2 N–H and O–H groups in total. The molecule has 1 unspecified atom stereocenters. The van der Waals surface area contributed by atoms with Crippen molar-refractivity contribution in [3.8, 4) is 28.5 Å². The second kappa shape index (κ2) is 14.2. The maximum Gasteiger partial charge on any atom is 0.255 e. The smallest absolute Gasteiger partial charge is 0.255 e. The van der Waals surface area contributed by atoms with Gasteiger partial charge in [-0.15, -0.1) is 5.10 Å². The number of nitrogens with one attached hydrogen (secondary N) is 2. The number of fused-ring (bicyclic) bond motifs is 2. The molecule has 3 saturated heterocycles. The van der Waals surface area contributed by atoms with Gasteiger partial charge in [-0.25, -0.2) is 5.10 Å². The summed E-state index contributed by atoms with van der Waals surface area (Å²) < 4.78 is 12.3. The molecule has 5 aromatic rings. The van der Waals surface area contributed by atoms with Crippen molar-refractivity contribution in [1.82, 2.24) is 45.8 Å². The molecule has 14 nitrogen and oxygen atoms in total. The number of aromatic nitrogens is 5. The summed E-state index contributed by atoms with van der Waals surface area (Å²) in [4.78, 5) is 43.8. The molecule has 1 atom stereocenters. The molecule has 3 amide bonds. The first-order chi connectivity index (χ1) is 25.9. The number of ether oxygens (including phenoxy) is 1. The van der Waals surface area contributed by atoms with Crippen molar-refractivity contribution < 1.29 is 23.6 Å². The Morgan fingerprint density at radius 1 is 0.868 bits per heavy atom. The summed E-state index contributed by atoms with van der Waals surface area (Å²) in [6, 6.07) is 19.3. The van der Waals surface area contributed by atoms with Crippen LogP contribution in [0.3, 0.4) is 0 Å². The Kier molecular flexibility index (Phi) is 8.92. The molecule has 3 fully saturated rings. The van der Waals surface area contributed by atoms with Gasteiger partial charge in [0, 0.05) is 55.8 Å². The van der Waals surface area contributed by atoms with Crippen LogP contribution in [-0.4, -0.2) is 103 Å². The van der Waals surface area contributed by atoms with E-state index in [1.165, 1.54) is 18.4 Å². The number of nitrogens with zero attached hydrogens (tertiary/aromatic N) is 7. The number of piperidine rings is 3. The van der Waals surface area contributed by atoms with Crippen LogP contribution in [0, 0.1) is 5.92 Å². The van der Waals surface area contributed by atoms with E-state index in [4.69, 9.17) is 9.26 Å². The highest BCUT2D eigenvalue weighted by atomic mass is 16.5. The number of likely N-dealkylation sites (tertiary alicyclic amines) is 2. The van der Waals surface area contributed by atoms with Gasteiger partial charge in [-0.2, -0.15) is 0 Å². The predicted octanol–water partition coefficient (Wildman–Crippen LogP) is 4.19. The molecule has 0 bridgehead atoms. The lowest BCUT2D eigenvalue weighted by Gasteiger charge is -2.37. The first kappa shape index (κ1) is 33.4. The number of amides is 3. The largest absolute Gasteiger partial charge is 0.490 e. The summed E-state index contributed by atoms with van der Waals surface area (Å²) in [6.45, 7) is 6.55. The van der Waals surface area contributed by atoms with Gasteiger partial charge in [0.15, 0.2) is 11.6 Å². The first-order valence-electron chi connectivity index (χ1n) is 18.6. The summed E-state index contributed by atoms with van der Waals surface area (Å²) in [5.74, 6) is 2.01. The zero-order chi connectivity index (χ0) is 35.9. The minimum atomic E-state index is -0.585. The fraction of sp³-hybridized carbons (Fsp3) is 0.410. The van der Waals surface area contributed by atoms with E-state index < -0.39 is 6.04 Å². The molecule has 9 rings (SSSR count). The molecule has 4 aliphatic rings. The lowest BCUT2D eigenvalue weighted by atomic mass is 9.94. The standard InChI is InChI=1S/C39H41N9O5/c49-35-9-8-34(38(50)40-35)48-23-28-18-25(4-6-31(28)39(48)51)22-46-14-10-24(11-15-46)21-47-16-12-29(13-17-47)52-30-3-1-2-26(19-30)36-32-20-27(37-41-44-45-42-37)5-7-33(32)43-53-36/h1-7,18-20,24,29,34H,8-17,21-23H2,(H,40,49,50)(H,41,42,44,45). The maximum absolute atomic E-state index is 13.1. The van der Waals surface area contributed by atoms with Crippen LogP contribution < -0.4 is 10.1 Å². The van der Waals surface area contributed by atoms with E-state index in [9.17, 15) is 14.4 Å². The Hall–Kier alpha value is -5.47. The quantitative estimate of drug-likeness (QED) is 0.211. The molecule has 14 heteroatoms. The first-order valence-corrected chi connectivity index (χ1v) is 18.6. The number of hydrogen-bond acceptors (Lipinski definition) is 11. The van der Waals surface area contributed by atoms with E-state index in [0.717, 1.165) is 85.5 Å². The molecular formula is C39H41N9O5. The average Bonchev–Trinajstić information content (AvgIpc) is 3.93. The Bertz CT molecular complexity index is 2150. The topological polar surface area (TPSA) is 163 Å². The summed E-state index contributed by atoms with van der Waals surface area (Å²) in [7, 11) is 0. The lowest BCUT2D eigenvalue weighted by molar-refractivity contribution is -0.136. The van der Waals surface area contributed by atoms with Crippen molar-refractivity contribution in [1.29, 1.82) is 0 Å². The van der Waals surface area contributed by atoms with Crippen molar-refractivity contribution in [3.05, 3.63) is 77.4 Å². The van der Waals surface area contributed by atoms with Gasteiger partial charge in [-0.1, -0.05) is 29.4 Å². The van der Waals surface area contributed by atoms with E-state index in [2.05, 4.69) is 47.0 Å². The predicted molar refractivity (Wildman–Crippen MR) is 193 cm³/mol. The van der Waals surface area contributed by atoms with Gasteiger partial charge in [0.05, 0.1) is 5.39 Å². The SMILES string of the molecule is O=C1CCC(N2Cc3cc(CN4CCC(CN5CCC(Oc6cccc(-c7onc8ccc(-c9nnn[nH]9)cc78)c6)CC5)CC4)ccc3C2=O)C(=O)N1. The minimum Gasteiger partial charge on any atom is -0.490 e. The number of H-pyrrole nitrogens is 1. The Labute approximate surface area is 305 Å². The zero-order valence-electron chi connectivity index (χ0n) is 29.4. The molecule has 4 aliphatic heterocycles. The maximum atomic E-state index is 13.1. The third-order valence-electron chi connectivity index (χ3n) is 11.2. The summed E-state index contributed by atoms with van der Waals surface area (Å²) >= 11 is 0. The van der Waals surface area contributed by atoms with Gasteiger partial charge in [-0.3, -0.25) is 24.6 Å². The zero-order valence-corrected chi connectivity index (χ0v) is 29.4. The molecule has 3 aromatic carbocycles. The average molecular weight is 716 g/mol. The third kappa shape index (κ3) is 6.91. The number of carbonyl (C=O) groups excluding carboxylic acids is 3. The van der Waals surface area contributed by atoms with E-state index >= 15 is 0 Å². The van der Waals surface area contributed by atoms with Crippen molar-refractivity contribution >= 4 is 28.6 Å². The molecule has 0 aliphatic carbocycles. The van der Waals surface area contributed by atoms with Gasteiger partial charge in [-0.05, 0) is 109 Å². The van der Waals surface area contributed by atoms with E-state index in [0.29, 0.717) is 36.0 Å². The fourth-order valence-corrected chi connectivity index (χ4v) is 8.37. The van der Waals surface area contributed by atoms with Crippen LogP contribution in [0.5, 0.6) is 5.75 Å². The molecule has 6 heterocycles. The summed E-state index contributed by atoms with van der Waals surface area (Å²) in [5, 5.41) is 21.7. The fourth-order valence-electron chi connectivity index (χ4n) is 8.37.